The normalized spacial score (nSPS) is 16.9. The minimum atomic E-state index is 0.127. The van der Waals surface area contributed by atoms with E-state index < -0.39 is 0 Å². The average Bonchev–Trinajstić information content (AvgIpc) is 2.89. The lowest BCUT2D eigenvalue weighted by molar-refractivity contribution is 0.101. The number of carbonyl (C=O) groups excluding carboxylic acids is 1. The lowest BCUT2D eigenvalue weighted by atomic mass is 10.0. The van der Waals surface area contributed by atoms with E-state index in [1.54, 1.807) is 6.92 Å². The fraction of sp³-hybridized carbons (Fsp3) is 0.235. The summed E-state index contributed by atoms with van der Waals surface area (Å²) in [6.45, 7) is 1.61. The summed E-state index contributed by atoms with van der Waals surface area (Å²) in [4.78, 5) is 13.9. The maximum atomic E-state index is 11.3. The van der Waals surface area contributed by atoms with E-state index in [-0.39, 0.29) is 5.78 Å². The Morgan fingerprint density at radius 1 is 1.20 bits per heavy atom. The van der Waals surface area contributed by atoms with Crippen molar-refractivity contribution >= 4 is 29.3 Å². The molecule has 1 nitrogen and oxygen atoms in total. The van der Waals surface area contributed by atoms with Crippen LogP contribution in [0.4, 0.5) is 0 Å². The molecule has 1 atom stereocenters. The van der Waals surface area contributed by atoms with Crippen LogP contribution in [0.2, 0.25) is 0 Å². The number of benzene rings is 2. The Morgan fingerprint density at radius 2 is 1.95 bits per heavy atom. The third-order valence-electron chi connectivity index (χ3n) is 3.51. The summed E-state index contributed by atoms with van der Waals surface area (Å²) in [6, 6.07) is 16.6. The topological polar surface area (TPSA) is 17.1 Å². The summed E-state index contributed by atoms with van der Waals surface area (Å²) in [6.07, 6.45) is 0. The molecule has 1 heterocycles. The van der Waals surface area contributed by atoms with Crippen molar-refractivity contribution in [2.75, 3.05) is 11.5 Å². The van der Waals surface area contributed by atoms with E-state index in [0.717, 1.165) is 11.3 Å². The van der Waals surface area contributed by atoms with Gasteiger partial charge in [0.2, 0.25) is 0 Å². The highest BCUT2D eigenvalue weighted by atomic mass is 32.2. The van der Waals surface area contributed by atoms with Crippen LogP contribution in [0.15, 0.2) is 58.3 Å². The molecule has 0 fully saturated rings. The third kappa shape index (κ3) is 2.94. The molecule has 0 saturated carbocycles. The zero-order valence-electron chi connectivity index (χ0n) is 11.3. The van der Waals surface area contributed by atoms with Crippen LogP contribution in [0.3, 0.4) is 0 Å². The van der Waals surface area contributed by atoms with Crippen LogP contribution in [0, 0.1) is 0 Å². The fourth-order valence-corrected chi connectivity index (χ4v) is 4.77. The molecule has 2 aromatic carbocycles. The van der Waals surface area contributed by atoms with Gasteiger partial charge in [0.25, 0.3) is 0 Å². The number of fused-ring (bicyclic) bond motifs is 1. The number of ketones is 1. The SMILES string of the molecule is CC(=O)c1ccc(SCC2CSc3ccccc32)cc1. The molecule has 3 rings (SSSR count). The van der Waals surface area contributed by atoms with Gasteiger partial charge in [0.1, 0.15) is 0 Å². The highest BCUT2D eigenvalue weighted by molar-refractivity contribution is 8.00. The summed E-state index contributed by atoms with van der Waals surface area (Å²) in [5, 5.41) is 0. The number of hydrogen-bond acceptors (Lipinski definition) is 3. The maximum absolute atomic E-state index is 11.3. The van der Waals surface area contributed by atoms with Crippen LogP contribution in [0.1, 0.15) is 28.8 Å². The Labute approximate surface area is 128 Å². The van der Waals surface area contributed by atoms with Crippen molar-refractivity contribution in [3.8, 4) is 0 Å². The van der Waals surface area contributed by atoms with Gasteiger partial charge < -0.3 is 0 Å². The molecule has 0 spiro atoms. The van der Waals surface area contributed by atoms with Gasteiger partial charge in [0.05, 0.1) is 0 Å². The number of thioether (sulfide) groups is 2. The molecule has 0 amide bonds. The van der Waals surface area contributed by atoms with Gasteiger partial charge in [-0.25, -0.2) is 0 Å². The van der Waals surface area contributed by atoms with Crippen molar-refractivity contribution in [1.82, 2.24) is 0 Å². The first-order valence-electron chi connectivity index (χ1n) is 6.69. The van der Waals surface area contributed by atoms with Gasteiger partial charge in [-0.2, -0.15) is 0 Å². The zero-order chi connectivity index (χ0) is 13.9. The molecule has 2 aromatic rings. The Kier molecular flexibility index (Phi) is 4.18. The Balaban J connectivity index is 1.64. The second kappa shape index (κ2) is 6.06. The van der Waals surface area contributed by atoms with Crippen LogP contribution < -0.4 is 0 Å². The van der Waals surface area contributed by atoms with Crippen molar-refractivity contribution in [2.24, 2.45) is 0 Å². The van der Waals surface area contributed by atoms with E-state index in [4.69, 9.17) is 0 Å². The number of Topliss-reactive ketones (excluding diaryl/α,β-unsaturated/α-hetero) is 1. The van der Waals surface area contributed by atoms with E-state index in [1.165, 1.54) is 21.1 Å². The molecule has 3 heteroatoms. The fourth-order valence-electron chi connectivity index (χ4n) is 2.35. The standard InChI is InChI=1S/C17H16OS2/c1-12(18)13-6-8-15(9-7-13)19-10-14-11-20-17-5-3-2-4-16(14)17/h2-9,14H,10-11H2,1H3. The van der Waals surface area contributed by atoms with E-state index in [0.29, 0.717) is 5.92 Å². The first kappa shape index (κ1) is 13.8. The first-order chi connectivity index (χ1) is 9.74. The smallest absolute Gasteiger partial charge is 0.159 e. The van der Waals surface area contributed by atoms with Crippen LogP contribution in [0.25, 0.3) is 0 Å². The molecule has 0 aliphatic carbocycles. The molecule has 102 valence electrons. The molecule has 20 heavy (non-hydrogen) atoms. The van der Waals surface area contributed by atoms with Gasteiger partial charge in [0.15, 0.2) is 5.78 Å². The molecule has 1 aliphatic rings. The van der Waals surface area contributed by atoms with Gasteiger partial charge in [0, 0.05) is 32.8 Å². The summed E-state index contributed by atoms with van der Waals surface area (Å²) < 4.78 is 0. The van der Waals surface area contributed by atoms with Crippen molar-refractivity contribution < 1.29 is 4.79 Å². The highest BCUT2D eigenvalue weighted by Crippen LogP contribution is 2.41. The summed E-state index contributed by atoms with van der Waals surface area (Å²) >= 11 is 3.84. The lowest BCUT2D eigenvalue weighted by Crippen LogP contribution is -2.00. The Morgan fingerprint density at radius 3 is 2.70 bits per heavy atom. The predicted molar refractivity (Wildman–Crippen MR) is 87.1 cm³/mol. The molecule has 0 bridgehead atoms. The van der Waals surface area contributed by atoms with E-state index >= 15 is 0 Å². The number of rotatable bonds is 4. The molecule has 0 radical (unpaired) electrons. The van der Waals surface area contributed by atoms with Crippen LogP contribution in [0.5, 0.6) is 0 Å². The Bertz CT molecular complexity index is 619. The van der Waals surface area contributed by atoms with E-state index in [1.807, 2.05) is 35.7 Å². The lowest BCUT2D eigenvalue weighted by Gasteiger charge is -2.10. The van der Waals surface area contributed by atoms with Gasteiger partial charge >= 0.3 is 0 Å². The molecule has 1 aliphatic heterocycles. The maximum Gasteiger partial charge on any atom is 0.159 e. The Hall–Kier alpha value is -1.19. The molecular formula is C17H16OS2. The summed E-state index contributed by atoms with van der Waals surface area (Å²) in [7, 11) is 0. The van der Waals surface area contributed by atoms with Crippen molar-refractivity contribution in [3.05, 3.63) is 59.7 Å². The minimum Gasteiger partial charge on any atom is -0.295 e. The van der Waals surface area contributed by atoms with Gasteiger partial charge in [-0.15, -0.1) is 23.5 Å². The molecule has 0 aromatic heterocycles. The van der Waals surface area contributed by atoms with Gasteiger partial charge in [-0.1, -0.05) is 30.3 Å². The van der Waals surface area contributed by atoms with Crippen molar-refractivity contribution in [1.29, 1.82) is 0 Å². The van der Waals surface area contributed by atoms with Crippen LogP contribution in [-0.2, 0) is 0 Å². The highest BCUT2D eigenvalue weighted by Gasteiger charge is 2.22. The molecule has 0 N–H and O–H groups in total. The second-order valence-corrected chi connectivity index (χ2v) is 7.09. The van der Waals surface area contributed by atoms with Crippen molar-refractivity contribution in [3.63, 3.8) is 0 Å². The zero-order valence-corrected chi connectivity index (χ0v) is 13.0. The predicted octanol–water partition coefficient (Wildman–Crippen LogP) is 4.87. The van der Waals surface area contributed by atoms with Gasteiger partial charge in [-0.3, -0.25) is 4.79 Å². The largest absolute Gasteiger partial charge is 0.295 e. The average molecular weight is 300 g/mol. The van der Waals surface area contributed by atoms with Crippen LogP contribution >= 0.6 is 23.5 Å². The van der Waals surface area contributed by atoms with Gasteiger partial charge in [-0.05, 0) is 30.7 Å². The quantitative estimate of drug-likeness (QED) is 0.592. The van der Waals surface area contributed by atoms with Crippen LogP contribution in [-0.4, -0.2) is 17.3 Å². The van der Waals surface area contributed by atoms with Crippen molar-refractivity contribution in [2.45, 2.75) is 22.6 Å². The molecular weight excluding hydrogens is 284 g/mol. The van der Waals surface area contributed by atoms with E-state index in [2.05, 4.69) is 36.4 Å². The third-order valence-corrected chi connectivity index (χ3v) is 5.94. The minimum absolute atomic E-state index is 0.127. The second-order valence-electron chi connectivity index (χ2n) is 4.94. The first-order valence-corrected chi connectivity index (χ1v) is 8.66. The molecule has 0 saturated heterocycles. The summed E-state index contributed by atoms with van der Waals surface area (Å²) in [5.74, 6) is 3.04. The summed E-state index contributed by atoms with van der Waals surface area (Å²) in [5.41, 5.74) is 2.28. The van der Waals surface area contributed by atoms with E-state index in [9.17, 15) is 4.79 Å². The monoisotopic (exact) mass is 300 g/mol. The number of carbonyl (C=O) groups is 1. The number of hydrogen-bond donors (Lipinski definition) is 0. The molecule has 1 unspecified atom stereocenters.